The van der Waals surface area contributed by atoms with Gasteiger partial charge < -0.3 is 9.84 Å². The first-order chi connectivity index (χ1) is 6.78. The van der Waals surface area contributed by atoms with Crippen LogP contribution in [-0.4, -0.2) is 23.9 Å². The first-order valence-corrected chi connectivity index (χ1v) is 5.70. The Labute approximate surface area is 83.9 Å². The molecule has 1 spiro atoms. The normalized spacial score (nSPS) is 67.0. The van der Waals surface area contributed by atoms with Gasteiger partial charge >= 0.3 is 0 Å². The van der Waals surface area contributed by atoms with Crippen molar-refractivity contribution in [3.8, 4) is 0 Å². The van der Waals surface area contributed by atoms with Gasteiger partial charge in [-0.3, -0.25) is 0 Å². The molecule has 3 saturated carbocycles. The van der Waals surface area contributed by atoms with Crippen molar-refractivity contribution in [1.29, 1.82) is 0 Å². The summed E-state index contributed by atoms with van der Waals surface area (Å²) in [7, 11) is 1.83. The van der Waals surface area contributed by atoms with Crippen LogP contribution in [0.4, 0.5) is 0 Å². The van der Waals surface area contributed by atoms with Crippen molar-refractivity contribution >= 4 is 0 Å². The van der Waals surface area contributed by atoms with Crippen molar-refractivity contribution in [2.75, 3.05) is 7.11 Å². The summed E-state index contributed by atoms with van der Waals surface area (Å²) in [4.78, 5) is 0. The maximum atomic E-state index is 10.2. The van der Waals surface area contributed by atoms with Crippen LogP contribution in [0.2, 0.25) is 0 Å². The molecule has 4 aliphatic carbocycles. The fraction of sp³-hybridized carbons (Fsp3) is 0.833. The van der Waals surface area contributed by atoms with Gasteiger partial charge in [0.15, 0.2) is 0 Å². The Hall–Kier alpha value is -0.340. The van der Waals surface area contributed by atoms with Crippen LogP contribution in [0, 0.1) is 23.2 Å². The van der Waals surface area contributed by atoms with E-state index in [1.165, 1.54) is 12.8 Å². The zero-order valence-electron chi connectivity index (χ0n) is 8.44. The summed E-state index contributed by atoms with van der Waals surface area (Å²) in [5.41, 5.74) is 0.161. The van der Waals surface area contributed by atoms with Crippen molar-refractivity contribution in [2.45, 2.75) is 31.0 Å². The standard InChI is InChI=1S/C12H16O2/c1-14-12-8-2-4-9(12)11(12)7(6-8)3-5-10(11)13/h2,4,7-10,13H,3,5-6H2,1H3/t7?,8?,9?,10-,11?,12?/m1/s1. The fourth-order valence-electron chi connectivity index (χ4n) is 5.26. The summed E-state index contributed by atoms with van der Waals surface area (Å²) < 4.78 is 5.81. The SMILES string of the molecule is COC12C3C=CC1C21C(CC[C@H]1O)C3. The minimum absolute atomic E-state index is 0.0214. The van der Waals surface area contributed by atoms with Crippen LogP contribution in [0.1, 0.15) is 19.3 Å². The fourth-order valence-corrected chi connectivity index (χ4v) is 5.26. The van der Waals surface area contributed by atoms with Gasteiger partial charge in [-0.25, -0.2) is 0 Å². The highest BCUT2D eigenvalue weighted by molar-refractivity contribution is 5.46. The van der Waals surface area contributed by atoms with Crippen molar-refractivity contribution in [2.24, 2.45) is 23.2 Å². The van der Waals surface area contributed by atoms with E-state index < -0.39 is 0 Å². The highest BCUT2D eigenvalue weighted by Crippen LogP contribution is 2.84. The van der Waals surface area contributed by atoms with Gasteiger partial charge in [0.2, 0.25) is 0 Å². The highest BCUT2D eigenvalue weighted by Gasteiger charge is 2.89. The van der Waals surface area contributed by atoms with E-state index in [-0.39, 0.29) is 17.1 Å². The number of rotatable bonds is 1. The second-order valence-corrected chi connectivity index (χ2v) is 5.43. The molecule has 0 saturated heterocycles. The van der Waals surface area contributed by atoms with E-state index in [9.17, 15) is 5.11 Å². The molecule has 6 atom stereocenters. The molecule has 4 rings (SSSR count). The van der Waals surface area contributed by atoms with Gasteiger partial charge in [-0.2, -0.15) is 0 Å². The van der Waals surface area contributed by atoms with Crippen LogP contribution in [0.25, 0.3) is 0 Å². The van der Waals surface area contributed by atoms with E-state index in [1.54, 1.807) is 0 Å². The summed E-state index contributed by atoms with van der Waals surface area (Å²) in [6.45, 7) is 0. The Morgan fingerprint density at radius 1 is 1.36 bits per heavy atom. The van der Waals surface area contributed by atoms with Gasteiger partial charge in [0.1, 0.15) is 0 Å². The molecule has 2 heteroatoms. The lowest BCUT2D eigenvalue weighted by molar-refractivity contribution is -0.00400. The minimum atomic E-state index is -0.104. The van der Waals surface area contributed by atoms with Crippen LogP contribution in [-0.2, 0) is 4.74 Å². The van der Waals surface area contributed by atoms with Crippen molar-refractivity contribution < 1.29 is 9.84 Å². The third-order valence-electron chi connectivity index (χ3n) is 5.55. The summed E-state index contributed by atoms with van der Waals surface area (Å²) in [5, 5.41) is 10.2. The van der Waals surface area contributed by atoms with E-state index >= 15 is 0 Å². The summed E-state index contributed by atoms with van der Waals surface area (Å²) in [6, 6.07) is 0. The summed E-state index contributed by atoms with van der Waals surface area (Å²) in [5.74, 6) is 1.85. The van der Waals surface area contributed by atoms with E-state index in [2.05, 4.69) is 12.2 Å². The highest BCUT2D eigenvalue weighted by atomic mass is 16.5. The van der Waals surface area contributed by atoms with Gasteiger partial charge in [0.05, 0.1) is 11.7 Å². The predicted octanol–water partition coefficient (Wildman–Crippen LogP) is 1.35. The molecule has 5 unspecified atom stereocenters. The molecule has 14 heavy (non-hydrogen) atoms. The molecule has 0 amide bonds. The molecule has 3 fully saturated rings. The number of aliphatic hydroxyl groups is 1. The Kier molecular flexibility index (Phi) is 1.10. The largest absolute Gasteiger partial charge is 0.392 e. The average Bonchev–Trinajstić information content (AvgIpc) is 2.42. The molecule has 0 aromatic rings. The molecule has 0 radical (unpaired) electrons. The topological polar surface area (TPSA) is 29.5 Å². The number of hydrogen-bond acceptors (Lipinski definition) is 2. The van der Waals surface area contributed by atoms with Crippen LogP contribution < -0.4 is 0 Å². The van der Waals surface area contributed by atoms with Crippen LogP contribution in [0.15, 0.2) is 12.2 Å². The maximum absolute atomic E-state index is 10.2. The maximum Gasteiger partial charge on any atom is 0.0900 e. The molecule has 2 nitrogen and oxygen atoms in total. The zero-order chi connectivity index (χ0) is 9.55. The lowest BCUT2D eigenvalue weighted by atomic mass is 9.90. The molecular formula is C12H16O2. The molecular weight excluding hydrogens is 176 g/mol. The second-order valence-electron chi connectivity index (χ2n) is 5.43. The van der Waals surface area contributed by atoms with Crippen LogP contribution in [0.5, 0.6) is 0 Å². The average molecular weight is 192 g/mol. The number of methoxy groups -OCH3 is 1. The molecule has 0 heterocycles. The van der Waals surface area contributed by atoms with Crippen molar-refractivity contribution in [3.63, 3.8) is 0 Å². The summed E-state index contributed by atoms with van der Waals surface area (Å²) >= 11 is 0. The van der Waals surface area contributed by atoms with E-state index in [1.807, 2.05) is 7.11 Å². The first kappa shape index (κ1) is 7.89. The molecule has 0 aromatic heterocycles. The molecule has 4 aliphatic rings. The van der Waals surface area contributed by atoms with E-state index in [0.29, 0.717) is 11.8 Å². The Bertz CT molecular complexity index is 337. The smallest absolute Gasteiger partial charge is 0.0900 e. The second kappa shape index (κ2) is 1.96. The quantitative estimate of drug-likeness (QED) is 0.635. The molecule has 0 bridgehead atoms. The Morgan fingerprint density at radius 3 is 2.93 bits per heavy atom. The number of aliphatic hydroxyl groups excluding tert-OH is 1. The first-order valence-electron chi connectivity index (χ1n) is 5.70. The van der Waals surface area contributed by atoms with Crippen molar-refractivity contribution in [3.05, 3.63) is 12.2 Å². The summed E-state index contributed by atoms with van der Waals surface area (Å²) in [6.07, 6.45) is 7.98. The number of hydrogen-bond donors (Lipinski definition) is 1. The lowest BCUT2D eigenvalue weighted by Crippen LogP contribution is -2.30. The third kappa shape index (κ3) is 0.460. The molecule has 0 aliphatic heterocycles. The van der Waals surface area contributed by atoms with E-state index in [0.717, 1.165) is 12.3 Å². The Balaban J connectivity index is 1.90. The third-order valence-corrected chi connectivity index (χ3v) is 5.55. The monoisotopic (exact) mass is 192 g/mol. The van der Waals surface area contributed by atoms with Crippen molar-refractivity contribution in [1.82, 2.24) is 0 Å². The van der Waals surface area contributed by atoms with Gasteiger partial charge in [-0.15, -0.1) is 0 Å². The zero-order valence-corrected chi connectivity index (χ0v) is 8.44. The van der Waals surface area contributed by atoms with Gasteiger partial charge in [-0.1, -0.05) is 12.2 Å². The lowest BCUT2D eigenvalue weighted by Gasteiger charge is -2.22. The predicted molar refractivity (Wildman–Crippen MR) is 51.6 cm³/mol. The molecule has 76 valence electrons. The van der Waals surface area contributed by atoms with Gasteiger partial charge in [0, 0.05) is 24.4 Å². The molecule has 1 N–H and O–H groups in total. The molecule has 0 aromatic carbocycles. The van der Waals surface area contributed by atoms with Crippen LogP contribution >= 0.6 is 0 Å². The minimum Gasteiger partial charge on any atom is -0.392 e. The number of ether oxygens (including phenoxy) is 1. The van der Waals surface area contributed by atoms with Crippen LogP contribution in [0.3, 0.4) is 0 Å². The van der Waals surface area contributed by atoms with Gasteiger partial charge in [0.25, 0.3) is 0 Å². The van der Waals surface area contributed by atoms with E-state index in [4.69, 9.17) is 4.74 Å². The van der Waals surface area contributed by atoms with Gasteiger partial charge in [-0.05, 0) is 25.2 Å². The Morgan fingerprint density at radius 2 is 2.21 bits per heavy atom.